The Morgan fingerprint density at radius 2 is 2.42 bits per heavy atom. The Labute approximate surface area is 111 Å². The molecule has 8 nitrogen and oxygen atoms in total. The van der Waals surface area contributed by atoms with Gasteiger partial charge in [-0.3, -0.25) is 4.68 Å². The van der Waals surface area contributed by atoms with Gasteiger partial charge >= 0.3 is 5.97 Å². The van der Waals surface area contributed by atoms with Crippen LogP contribution >= 0.6 is 0 Å². The van der Waals surface area contributed by atoms with Crippen molar-refractivity contribution < 1.29 is 9.53 Å². The third-order valence-corrected chi connectivity index (χ3v) is 2.54. The summed E-state index contributed by atoms with van der Waals surface area (Å²) in [6.45, 7) is 4.65. The van der Waals surface area contributed by atoms with Crippen LogP contribution in [-0.2, 0) is 9.53 Å². The standard InChI is InChI=1S/C11H18N6O2/c1-8(2)17-7-9(6-15-17)10(11(18)19-3)13-4-5-14-16-12/h6-8,10,13H,4-5H2,1-3H3. The summed E-state index contributed by atoms with van der Waals surface area (Å²) in [6.07, 6.45) is 3.43. The van der Waals surface area contributed by atoms with E-state index in [0.717, 1.165) is 5.56 Å². The molecular formula is C11H18N6O2. The van der Waals surface area contributed by atoms with E-state index in [2.05, 4.69) is 20.4 Å². The van der Waals surface area contributed by atoms with Gasteiger partial charge < -0.3 is 10.1 Å². The van der Waals surface area contributed by atoms with Crippen molar-refractivity contribution in [1.29, 1.82) is 0 Å². The topological polar surface area (TPSA) is 105 Å². The quantitative estimate of drug-likeness (QED) is 0.266. The van der Waals surface area contributed by atoms with Gasteiger partial charge in [0.15, 0.2) is 0 Å². The Bertz CT molecular complexity index is 464. The highest BCUT2D eigenvalue weighted by Crippen LogP contribution is 2.15. The monoisotopic (exact) mass is 266 g/mol. The fourth-order valence-corrected chi connectivity index (χ4v) is 1.54. The minimum Gasteiger partial charge on any atom is -0.468 e. The van der Waals surface area contributed by atoms with Gasteiger partial charge in [0, 0.05) is 35.8 Å². The van der Waals surface area contributed by atoms with E-state index in [9.17, 15) is 4.79 Å². The van der Waals surface area contributed by atoms with E-state index in [0.29, 0.717) is 6.54 Å². The van der Waals surface area contributed by atoms with Crippen molar-refractivity contribution in [2.24, 2.45) is 5.11 Å². The Hall–Kier alpha value is -2.05. The van der Waals surface area contributed by atoms with Crippen LogP contribution in [0, 0.1) is 0 Å². The molecule has 0 aliphatic carbocycles. The molecule has 1 heterocycles. The van der Waals surface area contributed by atoms with Crippen molar-refractivity contribution in [3.05, 3.63) is 28.4 Å². The maximum Gasteiger partial charge on any atom is 0.327 e. The molecule has 0 radical (unpaired) electrons. The summed E-state index contributed by atoms with van der Waals surface area (Å²) < 4.78 is 6.52. The van der Waals surface area contributed by atoms with Crippen LogP contribution in [0.25, 0.3) is 10.4 Å². The number of rotatable bonds is 7. The molecule has 104 valence electrons. The van der Waals surface area contributed by atoms with Crippen LogP contribution in [0.1, 0.15) is 31.5 Å². The number of methoxy groups -OCH3 is 1. The number of nitrogens with zero attached hydrogens (tertiary/aromatic N) is 5. The zero-order chi connectivity index (χ0) is 14.3. The number of esters is 1. The molecule has 1 rings (SSSR count). The molecule has 0 bridgehead atoms. The summed E-state index contributed by atoms with van der Waals surface area (Å²) in [7, 11) is 1.33. The zero-order valence-electron chi connectivity index (χ0n) is 11.3. The Morgan fingerprint density at radius 3 is 2.95 bits per heavy atom. The molecule has 0 aliphatic heterocycles. The lowest BCUT2D eigenvalue weighted by Crippen LogP contribution is -2.31. The van der Waals surface area contributed by atoms with E-state index >= 15 is 0 Å². The molecule has 1 N–H and O–H groups in total. The molecule has 1 atom stereocenters. The largest absolute Gasteiger partial charge is 0.468 e. The molecule has 1 unspecified atom stereocenters. The van der Waals surface area contributed by atoms with Gasteiger partial charge in [-0.15, -0.1) is 0 Å². The first-order valence-electron chi connectivity index (χ1n) is 5.96. The predicted molar refractivity (Wildman–Crippen MR) is 69.4 cm³/mol. The second-order valence-corrected chi connectivity index (χ2v) is 4.21. The molecule has 0 aromatic carbocycles. The normalized spacial score (nSPS) is 12.0. The van der Waals surface area contributed by atoms with Crippen molar-refractivity contribution in [3.63, 3.8) is 0 Å². The number of ether oxygens (including phenoxy) is 1. The Balaban J connectivity index is 2.77. The van der Waals surface area contributed by atoms with Gasteiger partial charge in [0.05, 0.1) is 13.3 Å². The lowest BCUT2D eigenvalue weighted by atomic mass is 10.1. The fourth-order valence-electron chi connectivity index (χ4n) is 1.54. The highest BCUT2D eigenvalue weighted by molar-refractivity contribution is 5.77. The van der Waals surface area contributed by atoms with Crippen LogP contribution in [0.2, 0.25) is 0 Å². The molecule has 8 heteroatoms. The number of nitrogens with one attached hydrogen (secondary N) is 1. The molecule has 19 heavy (non-hydrogen) atoms. The van der Waals surface area contributed by atoms with E-state index < -0.39 is 12.0 Å². The first kappa shape index (κ1) is 15.0. The summed E-state index contributed by atoms with van der Waals surface area (Å²) in [5.41, 5.74) is 8.92. The first-order chi connectivity index (χ1) is 9.10. The summed E-state index contributed by atoms with van der Waals surface area (Å²) in [4.78, 5) is 14.4. The average Bonchev–Trinajstić information content (AvgIpc) is 2.87. The predicted octanol–water partition coefficient (Wildman–Crippen LogP) is 1.58. The average molecular weight is 266 g/mol. The van der Waals surface area contributed by atoms with E-state index in [1.165, 1.54) is 7.11 Å². The van der Waals surface area contributed by atoms with Gasteiger partial charge in [-0.1, -0.05) is 5.11 Å². The highest BCUT2D eigenvalue weighted by atomic mass is 16.5. The summed E-state index contributed by atoms with van der Waals surface area (Å²) in [6, 6.07) is -0.387. The van der Waals surface area contributed by atoms with E-state index in [1.54, 1.807) is 17.1 Å². The van der Waals surface area contributed by atoms with Gasteiger partial charge in [-0.2, -0.15) is 5.10 Å². The van der Waals surface area contributed by atoms with Gasteiger partial charge in [-0.25, -0.2) is 4.79 Å². The van der Waals surface area contributed by atoms with E-state index in [-0.39, 0.29) is 12.6 Å². The molecule has 0 saturated heterocycles. The summed E-state index contributed by atoms with van der Waals surface area (Å²) in [5.74, 6) is -0.399. The molecule has 0 amide bonds. The van der Waals surface area contributed by atoms with Crippen molar-refractivity contribution in [2.45, 2.75) is 25.9 Å². The number of carbonyl (C=O) groups excluding carboxylic acids is 1. The van der Waals surface area contributed by atoms with Crippen LogP contribution < -0.4 is 5.32 Å². The number of hydrogen-bond acceptors (Lipinski definition) is 5. The molecule has 0 aliphatic rings. The van der Waals surface area contributed by atoms with Gasteiger partial charge in [0.1, 0.15) is 6.04 Å². The number of aromatic nitrogens is 2. The van der Waals surface area contributed by atoms with E-state index in [4.69, 9.17) is 10.3 Å². The fraction of sp³-hybridized carbons (Fsp3) is 0.636. The minimum absolute atomic E-state index is 0.218. The Morgan fingerprint density at radius 1 is 1.68 bits per heavy atom. The maximum absolute atomic E-state index is 11.7. The smallest absolute Gasteiger partial charge is 0.327 e. The molecular weight excluding hydrogens is 248 g/mol. The van der Waals surface area contributed by atoms with Gasteiger partial charge in [0.2, 0.25) is 0 Å². The third kappa shape index (κ3) is 4.27. The second kappa shape index (κ2) is 7.40. The van der Waals surface area contributed by atoms with Crippen molar-refractivity contribution in [2.75, 3.05) is 20.2 Å². The minimum atomic E-state index is -0.605. The zero-order valence-corrected chi connectivity index (χ0v) is 11.3. The molecule has 0 saturated carbocycles. The van der Waals surface area contributed by atoms with Crippen molar-refractivity contribution >= 4 is 5.97 Å². The van der Waals surface area contributed by atoms with Gasteiger partial charge in [0.25, 0.3) is 0 Å². The van der Waals surface area contributed by atoms with Crippen molar-refractivity contribution in [3.8, 4) is 0 Å². The highest BCUT2D eigenvalue weighted by Gasteiger charge is 2.22. The summed E-state index contributed by atoms with van der Waals surface area (Å²) >= 11 is 0. The molecule has 0 fully saturated rings. The molecule has 1 aromatic rings. The van der Waals surface area contributed by atoms with E-state index in [1.807, 2.05) is 13.8 Å². The van der Waals surface area contributed by atoms with Crippen LogP contribution in [0.3, 0.4) is 0 Å². The third-order valence-electron chi connectivity index (χ3n) is 2.54. The van der Waals surface area contributed by atoms with Gasteiger partial charge in [-0.05, 0) is 19.4 Å². The van der Waals surface area contributed by atoms with Crippen LogP contribution in [-0.4, -0.2) is 35.9 Å². The van der Waals surface area contributed by atoms with Crippen LogP contribution in [0.15, 0.2) is 17.5 Å². The maximum atomic E-state index is 11.7. The first-order valence-corrected chi connectivity index (χ1v) is 5.96. The van der Waals surface area contributed by atoms with Crippen LogP contribution in [0.5, 0.6) is 0 Å². The lowest BCUT2D eigenvalue weighted by molar-refractivity contribution is -0.143. The second-order valence-electron chi connectivity index (χ2n) is 4.21. The lowest BCUT2D eigenvalue weighted by Gasteiger charge is -2.14. The SMILES string of the molecule is COC(=O)C(NCCN=[N+]=[N-])c1cnn(C(C)C)c1. The van der Waals surface area contributed by atoms with Crippen LogP contribution in [0.4, 0.5) is 0 Å². The molecule has 1 aromatic heterocycles. The Kier molecular flexibility index (Phi) is 5.84. The molecule has 0 spiro atoms. The summed E-state index contributed by atoms with van der Waals surface area (Å²) in [5, 5.41) is 10.6. The number of hydrogen-bond donors (Lipinski definition) is 1. The number of carbonyl (C=O) groups is 1. The number of azide groups is 1. The van der Waals surface area contributed by atoms with Crippen molar-refractivity contribution in [1.82, 2.24) is 15.1 Å².